The number of hydrogen-bond donors (Lipinski definition) is 0. The van der Waals surface area contributed by atoms with Crippen LogP contribution in [0.15, 0.2) is 23.4 Å². The SMILES string of the molecule is N#CC/C=N\OCc1ccc(Cl)cc1Cl. The molecule has 0 bridgehead atoms. The second-order valence-corrected chi connectivity index (χ2v) is 3.50. The zero-order valence-electron chi connectivity index (χ0n) is 7.78. The molecule has 0 radical (unpaired) electrons. The van der Waals surface area contributed by atoms with Gasteiger partial charge < -0.3 is 4.84 Å². The van der Waals surface area contributed by atoms with Crippen LogP contribution in [-0.4, -0.2) is 6.21 Å². The van der Waals surface area contributed by atoms with E-state index < -0.39 is 0 Å². The second kappa shape index (κ2) is 6.28. The Morgan fingerprint density at radius 3 is 2.93 bits per heavy atom. The van der Waals surface area contributed by atoms with E-state index in [1.807, 2.05) is 6.07 Å². The van der Waals surface area contributed by atoms with Crippen molar-refractivity contribution in [2.75, 3.05) is 0 Å². The fraction of sp³-hybridized carbons (Fsp3) is 0.200. The van der Waals surface area contributed by atoms with Crippen LogP contribution in [0.2, 0.25) is 10.0 Å². The molecule has 15 heavy (non-hydrogen) atoms. The van der Waals surface area contributed by atoms with Crippen molar-refractivity contribution in [1.29, 1.82) is 5.26 Å². The number of rotatable bonds is 4. The molecule has 0 aliphatic rings. The highest BCUT2D eigenvalue weighted by atomic mass is 35.5. The minimum Gasteiger partial charge on any atom is -0.391 e. The van der Waals surface area contributed by atoms with Gasteiger partial charge >= 0.3 is 0 Å². The quantitative estimate of drug-likeness (QED) is 0.600. The van der Waals surface area contributed by atoms with E-state index in [1.165, 1.54) is 6.21 Å². The Kier molecular flexibility index (Phi) is 4.96. The van der Waals surface area contributed by atoms with Gasteiger partial charge in [0, 0.05) is 15.6 Å². The molecular weight excluding hydrogens is 235 g/mol. The minimum absolute atomic E-state index is 0.231. The van der Waals surface area contributed by atoms with Crippen molar-refractivity contribution >= 4 is 29.4 Å². The Hall–Kier alpha value is -1.24. The molecule has 5 heteroatoms. The van der Waals surface area contributed by atoms with E-state index in [1.54, 1.807) is 18.2 Å². The first-order valence-electron chi connectivity index (χ1n) is 4.18. The molecular formula is C10H8Cl2N2O. The number of halogens is 2. The standard InChI is InChI=1S/C10H8Cl2N2O/c11-9-3-2-8(10(12)6-9)7-15-14-5-1-4-13/h2-3,5-6H,1,7H2/b14-5-. The van der Waals surface area contributed by atoms with Gasteiger partial charge in [0.25, 0.3) is 0 Å². The van der Waals surface area contributed by atoms with Crippen molar-refractivity contribution < 1.29 is 4.84 Å². The summed E-state index contributed by atoms with van der Waals surface area (Å²) < 4.78 is 0. The van der Waals surface area contributed by atoms with E-state index in [0.717, 1.165) is 5.56 Å². The van der Waals surface area contributed by atoms with Gasteiger partial charge in [0.15, 0.2) is 0 Å². The predicted octanol–water partition coefficient (Wildman–Crippen LogP) is 3.41. The average Bonchev–Trinajstić information content (AvgIpc) is 2.20. The summed E-state index contributed by atoms with van der Waals surface area (Å²) in [5.41, 5.74) is 0.801. The van der Waals surface area contributed by atoms with Crippen LogP contribution in [0.5, 0.6) is 0 Å². The summed E-state index contributed by atoms with van der Waals surface area (Å²) in [6, 6.07) is 7.05. The molecule has 1 rings (SSSR count). The van der Waals surface area contributed by atoms with Gasteiger partial charge in [-0.05, 0) is 12.1 Å². The first-order chi connectivity index (χ1) is 7.24. The van der Waals surface area contributed by atoms with Crippen molar-refractivity contribution in [3.8, 4) is 6.07 Å². The highest BCUT2D eigenvalue weighted by Crippen LogP contribution is 2.21. The number of nitriles is 1. The van der Waals surface area contributed by atoms with Crippen molar-refractivity contribution in [2.24, 2.45) is 5.16 Å². The lowest BCUT2D eigenvalue weighted by molar-refractivity contribution is 0.131. The van der Waals surface area contributed by atoms with Gasteiger partial charge in [-0.1, -0.05) is 34.4 Å². The fourth-order valence-corrected chi connectivity index (χ4v) is 1.34. The third kappa shape index (κ3) is 4.20. The first kappa shape index (κ1) is 11.8. The monoisotopic (exact) mass is 242 g/mol. The molecule has 0 spiro atoms. The van der Waals surface area contributed by atoms with Crippen LogP contribution >= 0.6 is 23.2 Å². The van der Waals surface area contributed by atoms with Crippen molar-refractivity contribution in [2.45, 2.75) is 13.0 Å². The van der Waals surface area contributed by atoms with Crippen LogP contribution in [0.3, 0.4) is 0 Å². The molecule has 3 nitrogen and oxygen atoms in total. The largest absolute Gasteiger partial charge is 0.391 e. The molecule has 0 fully saturated rings. The number of oxime groups is 1. The lowest BCUT2D eigenvalue weighted by Crippen LogP contribution is -1.88. The number of nitrogens with zero attached hydrogens (tertiary/aromatic N) is 2. The summed E-state index contributed by atoms with van der Waals surface area (Å²) in [7, 11) is 0. The third-order valence-electron chi connectivity index (χ3n) is 1.57. The van der Waals surface area contributed by atoms with Crippen LogP contribution < -0.4 is 0 Å². The highest BCUT2D eigenvalue weighted by molar-refractivity contribution is 6.35. The fourth-order valence-electron chi connectivity index (χ4n) is 0.876. The summed E-state index contributed by atoms with van der Waals surface area (Å²) in [5, 5.41) is 12.9. The van der Waals surface area contributed by atoms with Gasteiger partial charge in [-0.2, -0.15) is 5.26 Å². The Bertz CT molecular complexity index is 399. The zero-order valence-corrected chi connectivity index (χ0v) is 9.29. The van der Waals surface area contributed by atoms with Crippen molar-refractivity contribution in [1.82, 2.24) is 0 Å². The molecule has 0 amide bonds. The van der Waals surface area contributed by atoms with E-state index in [9.17, 15) is 0 Å². The number of benzene rings is 1. The summed E-state index contributed by atoms with van der Waals surface area (Å²) in [5.74, 6) is 0. The lowest BCUT2D eigenvalue weighted by atomic mass is 10.2. The second-order valence-electron chi connectivity index (χ2n) is 2.66. The molecule has 0 unspecified atom stereocenters. The summed E-state index contributed by atoms with van der Waals surface area (Å²) in [6.07, 6.45) is 1.62. The minimum atomic E-state index is 0.231. The molecule has 1 aromatic carbocycles. The first-order valence-corrected chi connectivity index (χ1v) is 4.94. The van der Waals surface area contributed by atoms with E-state index in [-0.39, 0.29) is 13.0 Å². The van der Waals surface area contributed by atoms with E-state index in [0.29, 0.717) is 10.0 Å². The molecule has 0 atom stereocenters. The smallest absolute Gasteiger partial charge is 0.143 e. The van der Waals surface area contributed by atoms with E-state index in [2.05, 4.69) is 5.16 Å². The predicted molar refractivity (Wildman–Crippen MR) is 60.0 cm³/mol. The number of hydrogen-bond acceptors (Lipinski definition) is 3. The molecule has 78 valence electrons. The molecule has 1 aromatic rings. The Morgan fingerprint density at radius 2 is 2.27 bits per heavy atom. The summed E-state index contributed by atoms with van der Waals surface area (Å²) >= 11 is 11.6. The molecule has 0 aliphatic carbocycles. The normalized spacial score (nSPS) is 10.2. The van der Waals surface area contributed by atoms with Crippen LogP contribution in [0.25, 0.3) is 0 Å². The maximum absolute atomic E-state index is 8.22. The maximum Gasteiger partial charge on any atom is 0.143 e. The Morgan fingerprint density at radius 1 is 1.47 bits per heavy atom. The summed E-state index contributed by atoms with van der Waals surface area (Å²) in [6.45, 7) is 0.262. The van der Waals surface area contributed by atoms with Gasteiger partial charge in [-0.25, -0.2) is 0 Å². The molecule has 0 saturated heterocycles. The molecule has 0 heterocycles. The van der Waals surface area contributed by atoms with Crippen LogP contribution in [-0.2, 0) is 11.4 Å². The van der Waals surface area contributed by atoms with Gasteiger partial charge in [-0.3, -0.25) is 0 Å². The van der Waals surface area contributed by atoms with Crippen molar-refractivity contribution in [3.63, 3.8) is 0 Å². The van der Waals surface area contributed by atoms with Gasteiger partial charge in [-0.15, -0.1) is 0 Å². The Balaban J connectivity index is 2.48. The lowest BCUT2D eigenvalue weighted by Gasteiger charge is -2.02. The maximum atomic E-state index is 8.22. The highest BCUT2D eigenvalue weighted by Gasteiger charge is 2.00. The van der Waals surface area contributed by atoms with Crippen LogP contribution in [0.4, 0.5) is 0 Å². The molecule has 0 aromatic heterocycles. The van der Waals surface area contributed by atoms with E-state index >= 15 is 0 Å². The van der Waals surface area contributed by atoms with Crippen molar-refractivity contribution in [3.05, 3.63) is 33.8 Å². The Labute approximate surface area is 97.9 Å². The topological polar surface area (TPSA) is 45.4 Å². The van der Waals surface area contributed by atoms with Gasteiger partial charge in [0.1, 0.15) is 6.61 Å². The average molecular weight is 243 g/mol. The zero-order chi connectivity index (χ0) is 11.1. The van der Waals surface area contributed by atoms with E-state index in [4.69, 9.17) is 33.3 Å². The van der Waals surface area contributed by atoms with Crippen LogP contribution in [0.1, 0.15) is 12.0 Å². The molecule has 0 aliphatic heterocycles. The molecule has 0 N–H and O–H groups in total. The summed E-state index contributed by atoms with van der Waals surface area (Å²) in [4.78, 5) is 4.93. The molecule has 0 saturated carbocycles. The van der Waals surface area contributed by atoms with Gasteiger partial charge in [0.05, 0.1) is 18.7 Å². The van der Waals surface area contributed by atoms with Crippen LogP contribution in [0, 0.1) is 11.3 Å². The third-order valence-corrected chi connectivity index (χ3v) is 2.15. The van der Waals surface area contributed by atoms with Gasteiger partial charge in [0.2, 0.25) is 0 Å².